The Morgan fingerprint density at radius 3 is 1.94 bits per heavy atom. The van der Waals surface area contributed by atoms with Gasteiger partial charge in [-0.3, -0.25) is 9.78 Å². The molecule has 1 N–H and O–H groups in total. The van der Waals surface area contributed by atoms with Crippen molar-refractivity contribution < 1.29 is 0 Å². The van der Waals surface area contributed by atoms with E-state index < -0.39 is 28.1 Å². The van der Waals surface area contributed by atoms with Crippen LogP contribution < -0.4 is 16.9 Å². The van der Waals surface area contributed by atoms with E-state index >= 15 is 0 Å². The van der Waals surface area contributed by atoms with Crippen molar-refractivity contribution in [2.24, 2.45) is 0 Å². The Bertz CT molecular complexity index is 962. The molecule has 10 nitrogen and oxygen atoms in total. The Balaban J connectivity index is 3.36. The van der Waals surface area contributed by atoms with Crippen LogP contribution in [0, 0.1) is 19.7 Å². The second kappa shape index (κ2) is 3.47. The van der Waals surface area contributed by atoms with Gasteiger partial charge in [0.05, 0.1) is 4.68 Å². The Labute approximate surface area is 96.9 Å². The molecule has 0 saturated heterocycles. The number of rotatable bonds is 0. The summed E-state index contributed by atoms with van der Waals surface area (Å²) in [6.45, 7) is 20.3. The molecule has 10 heteroatoms. The lowest BCUT2D eigenvalue weighted by molar-refractivity contribution is 0.810. The van der Waals surface area contributed by atoms with E-state index in [2.05, 4.69) is 14.9 Å². The molecule has 2 aromatic rings. The van der Waals surface area contributed by atoms with E-state index in [0.717, 1.165) is 0 Å². The van der Waals surface area contributed by atoms with Gasteiger partial charge in [-0.25, -0.2) is 9.59 Å². The number of fused-ring (bicyclic) bond motifs is 1. The zero-order valence-electron chi connectivity index (χ0n) is 8.41. The maximum Gasteiger partial charge on any atom is 0.467 e. The Morgan fingerprint density at radius 2 is 1.44 bits per heavy atom. The van der Waals surface area contributed by atoms with E-state index in [-0.39, 0.29) is 4.68 Å². The van der Waals surface area contributed by atoms with E-state index in [1.54, 1.807) is 0 Å². The fraction of sp³-hybridized carbons (Fsp3) is 0. The molecule has 0 aromatic carbocycles. The van der Waals surface area contributed by atoms with Gasteiger partial charge < -0.3 is 0 Å². The average molecular weight is 243 g/mol. The molecule has 2 heterocycles. The summed E-state index contributed by atoms with van der Waals surface area (Å²) >= 11 is 0. The zero-order chi connectivity index (χ0) is 13.4. The van der Waals surface area contributed by atoms with Crippen LogP contribution in [0.1, 0.15) is 0 Å². The van der Waals surface area contributed by atoms with Crippen LogP contribution in [0.4, 0.5) is 0 Å². The standard InChI is InChI=1S/C8HN7O3/c1-9-13-5-4(12-7(13)17)6(16)15(11-3)8(18)14(5)10-2/h(H,12,17). The van der Waals surface area contributed by atoms with Crippen LogP contribution in [0.25, 0.3) is 26.0 Å². The van der Waals surface area contributed by atoms with Gasteiger partial charge in [-0.1, -0.05) is 0 Å². The van der Waals surface area contributed by atoms with Gasteiger partial charge in [-0.15, -0.1) is 14.9 Å². The van der Waals surface area contributed by atoms with E-state index in [9.17, 15) is 14.4 Å². The van der Waals surface area contributed by atoms with Crippen molar-refractivity contribution in [3.05, 3.63) is 65.9 Å². The number of nitrogens with zero attached hydrogens (tertiary/aromatic N) is 6. The highest BCUT2D eigenvalue weighted by Gasteiger charge is 2.27. The molecule has 0 aliphatic heterocycles. The third kappa shape index (κ3) is 1.10. The number of nitrogens with one attached hydrogen (secondary N) is 1. The lowest BCUT2D eigenvalue weighted by Gasteiger charge is -1.90. The second-order valence-corrected chi connectivity index (χ2v) is 2.95. The summed E-state index contributed by atoms with van der Waals surface area (Å²) in [5, 5.41) is 0. The highest BCUT2D eigenvalue weighted by atomic mass is 16.2. The van der Waals surface area contributed by atoms with Crippen LogP contribution in [0.3, 0.4) is 0 Å². The Hall–Kier alpha value is -3.58. The summed E-state index contributed by atoms with van der Waals surface area (Å²) in [6, 6.07) is 0. The number of hydrogen-bond acceptors (Lipinski definition) is 3. The van der Waals surface area contributed by atoms with Crippen molar-refractivity contribution in [3.8, 4) is 0 Å². The first-order valence-electron chi connectivity index (χ1n) is 4.22. The molecular formula is C8HN7O3. The third-order valence-corrected chi connectivity index (χ3v) is 2.12. The minimum absolute atomic E-state index is 0.102. The highest BCUT2D eigenvalue weighted by molar-refractivity contribution is 5.70. The summed E-state index contributed by atoms with van der Waals surface area (Å²) < 4.78 is 0.791. The summed E-state index contributed by atoms with van der Waals surface area (Å²) in [6.07, 6.45) is 0. The zero-order valence-corrected chi connectivity index (χ0v) is 8.41. The van der Waals surface area contributed by atoms with E-state index in [4.69, 9.17) is 19.7 Å². The molecular weight excluding hydrogens is 242 g/mol. The van der Waals surface area contributed by atoms with Gasteiger partial charge in [0.25, 0.3) is 0 Å². The van der Waals surface area contributed by atoms with Gasteiger partial charge in [0.1, 0.15) is 0 Å². The van der Waals surface area contributed by atoms with Crippen LogP contribution in [-0.4, -0.2) is 19.0 Å². The lowest BCUT2D eigenvalue weighted by Crippen LogP contribution is -2.35. The van der Waals surface area contributed by atoms with Crippen molar-refractivity contribution in [1.82, 2.24) is 19.0 Å². The number of imidazole rings is 1. The molecule has 0 atom stereocenters. The molecule has 0 fully saturated rings. The minimum Gasteiger partial charge on any atom is -0.294 e. The Morgan fingerprint density at radius 1 is 0.889 bits per heavy atom. The van der Waals surface area contributed by atoms with Gasteiger partial charge in [0.15, 0.2) is 5.52 Å². The van der Waals surface area contributed by atoms with Gasteiger partial charge in [-0.2, -0.15) is 19.7 Å². The van der Waals surface area contributed by atoms with Crippen molar-refractivity contribution in [3.63, 3.8) is 0 Å². The molecule has 0 spiro atoms. The minimum atomic E-state index is -1.23. The molecule has 0 aliphatic carbocycles. The smallest absolute Gasteiger partial charge is 0.294 e. The summed E-state index contributed by atoms with van der Waals surface area (Å²) in [4.78, 5) is 44.9. The summed E-state index contributed by atoms with van der Waals surface area (Å²) in [7, 11) is 0. The molecule has 0 saturated carbocycles. The molecule has 0 radical (unpaired) electrons. The summed E-state index contributed by atoms with van der Waals surface area (Å²) in [5.74, 6) is 0. The quantitative estimate of drug-likeness (QED) is 0.582. The van der Waals surface area contributed by atoms with Crippen LogP contribution in [0.5, 0.6) is 0 Å². The molecule has 0 aliphatic rings. The predicted octanol–water partition coefficient (Wildman–Crippen LogP) is -1.30. The van der Waals surface area contributed by atoms with E-state index in [1.165, 1.54) is 0 Å². The van der Waals surface area contributed by atoms with Gasteiger partial charge >= 0.3 is 22.6 Å². The second-order valence-electron chi connectivity index (χ2n) is 2.95. The van der Waals surface area contributed by atoms with Crippen LogP contribution >= 0.6 is 0 Å². The molecule has 86 valence electrons. The molecule has 0 amide bonds. The third-order valence-electron chi connectivity index (χ3n) is 2.12. The molecule has 0 unspecified atom stereocenters. The van der Waals surface area contributed by atoms with Gasteiger partial charge in [0, 0.05) is 9.35 Å². The summed E-state index contributed by atoms with van der Waals surface area (Å²) in [5.41, 5.74) is -4.18. The van der Waals surface area contributed by atoms with Crippen LogP contribution in [0.15, 0.2) is 14.4 Å². The van der Waals surface area contributed by atoms with Gasteiger partial charge in [-0.05, 0) is 0 Å². The van der Waals surface area contributed by atoms with Crippen molar-refractivity contribution in [2.45, 2.75) is 0 Å². The number of H-pyrrole nitrogens is 1. The van der Waals surface area contributed by atoms with Crippen LogP contribution in [-0.2, 0) is 0 Å². The molecule has 2 rings (SSSR count). The van der Waals surface area contributed by atoms with Crippen molar-refractivity contribution in [2.75, 3.05) is 0 Å². The number of aromatic nitrogens is 4. The fourth-order valence-corrected chi connectivity index (χ4v) is 1.41. The monoisotopic (exact) mass is 243 g/mol. The largest absolute Gasteiger partial charge is 0.467 e. The first kappa shape index (κ1) is 10.9. The average Bonchev–Trinajstić information content (AvgIpc) is 2.67. The maximum absolute atomic E-state index is 11.7. The van der Waals surface area contributed by atoms with Crippen molar-refractivity contribution in [1.29, 1.82) is 0 Å². The topological polar surface area (TPSA) is 94.9 Å². The first-order chi connectivity index (χ1) is 8.56. The highest BCUT2D eigenvalue weighted by Crippen LogP contribution is 2.03. The predicted molar refractivity (Wildman–Crippen MR) is 57.1 cm³/mol. The Kier molecular flexibility index (Phi) is 2.11. The lowest BCUT2D eigenvalue weighted by atomic mass is 10.5. The maximum atomic E-state index is 11.7. The number of hydrogen-bond donors (Lipinski definition) is 1. The molecule has 2 aromatic heterocycles. The molecule has 18 heavy (non-hydrogen) atoms. The van der Waals surface area contributed by atoms with E-state index in [1.807, 2.05) is 4.98 Å². The number of aromatic amines is 1. The SMILES string of the molecule is [C-]#[N+]n1c(=O)c2[nH]c(=O)n([N+]#[C-])c2n([N+]#[C-])c1=O. The normalized spacial score (nSPS) is 9.61. The fourth-order valence-electron chi connectivity index (χ4n) is 1.41. The molecule has 0 bridgehead atoms. The van der Waals surface area contributed by atoms with Crippen molar-refractivity contribution >= 4 is 11.2 Å². The van der Waals surface area contributed by atoms with Gasteiger partial charge in [0.2, 0.25) is 0 Å². The van der Waals surface area contributed by atoms with E-state index in [0.29, 0.717) is 9.35 Å². The van der Waals surface area contributed by atoms with Crippen LogP contribution in [0.2, 0.25) is 0 Å². The first-order valence-corrected chi connectivity index (χ1v) is 4.22.